The Balaban J connectivity index is 2.62. The van der Waals surface area contributed by atoms with Gasteiger partial charge in [0.2, 0.25) is 0 Å². The molecule has 0 radical (unpaired) electrons. The fourth-order valence-corrected chi connectivity index (χ4v) is 1.21. The molecule has 2 heterocycles. The minimum atomic E-state index is -0.340. The van der Waals surface area contributed by atoms with E-state index in [9.17, 15) is 0 Å². The van der Waals surface area contributed by atoms with E-state index in [0.717, 1.165) is 11.3 Å². The molecule has 70 valence electrons. The fraction of sp³-hybridized carbons (Fsp3) is 0.273. The van der Waals surface area contributed by atoms with E-state index in [1.54, 1.807) is 10.7 Å². The van der Waals surface area contributed by atoms with E-state index in [1.165, 1.54) is 0 Å². The minimum absolute atomic E-state index is 0.340. The highest BCUT2D eigenvalue weighted by atomic mass is 15.2. The highest BCUT2D eigenvalue weighted by Gasteiger charge is 2.20. The average Bonchev–Trinajstić information content (AvgIpc) is 2.61. The van der Waals surface area contributed by atoms with Crippen molar-refractivity contribution in [1.29, 1.82) is 0 Å². The second kappa shape index (κ2) is 2.85. The van der Waals surface area contributed by atoms with Crippen LogP contribution in [-0.4, -0.2) is 14.6 Å². The Morgan fingerprint density at radius 3 is 2.93 bits per heavy atom. The summed E-state index contributed by atoms with van der Waals surface area (Å²) in [6, 6.07) is 3.76. The Morgan fingerprint density at radius 2 is 2.29 bits per heavy atom. The van der Waals surface area contributed by atoms with Gasteiger partial charge in [-0.05, 0) is 19.9 Å². The van der Waals surface area contributed by atoms with Crippen LogP contribution in [0, 0.1) is 12.3 Å². The zero-order valence-corrected chi connectivity index (χ0v) is 8.23. The van der Waals surface area contributed by atoms with Crippen molar-refractivity contribution in [1.82, 2.24) is 14.6 Å². The third-order valence-electron chi connectivity index (χ3n) is 2.24. The molecule has 0 fully saturated rings. The van der Waals surface area contributed by atoms with Gasteiger partial charge in [0.05, 0.1) is 11.1 Å². The zero-order valence-electron chi connectivity index (χ0n) is 8.23. The summed E-state index contributed by atoms with van der Waals surface area (Å²) in [5.74, 6) is 2.71. The van der Waals surface area contributed by atoms with Crippen LogP contribution in [0.5, 0.6) is 0 Å². The van der Waals surface area contributed by atoms with Gasteiger partial charge in [0.25, 0.3) is 0 Å². The SMILES string of the molecule is C#CC(C)(C)c1cc2ncccn2n1. The van der Waals surface area contributed by atoms with E-state index < -0.39 is 0 Å². The van der Waals surface area contributed by atoms with Crippen molar-refractivity contribution in [2.45, 2.75) is 19.3 Å². The molecule has 0 N–H and O–H groups in total. The molecule has 2 rings (SSSR count). The quantitative estimate of drug-likeness (QED) is 0.632. The normalized spacial score (nSPS) is 11.5. The number of aromatic nitrogens is 3. The maximum absolute atomic E-state index is 5.44. The molecule has 0 bridgehead atoms. The Bertz CT molecular complexity index is 469. The summed E-state index contributed by atoms with van der Waals surface area (Å²) in [6.45, 7) is 3.93. The van der Waals surface area contributed by atoms with E-state index in [1.807, 2.05) is 32.2 Å². The van der Waals surface area contributed by atoms with Gasteiger partial charge in [-0.3, -0.25) is 0 Å². The summed E-state index contributed by atoms with van der Waals surface area (Å²) >= 11 is 0. The second-order valence-electron chi connectivity index (χ2n) is 3.72. The first-order valence-electron chi connectivity index (χ1n) is 4.42. The van der Waals surface area contributed by atoms with E-state index in [4.69, 9.17) is 6.42 Å². The van der Waals surface area contributed by atoms with Crippen molar-refractivity contribution in [3.05, 3.63) is 30.2 Å². The summed E-state index contributed by atoms with van der Waals surface area (Å²) in [6.07, 6.45) is 9.04. The van der Waals surface area contributed by atoms with Crippen LogP contribution in [0.2, 0.25) is 0 Å². The maximum atomic E-state index is 5.44. The molecule has 0 amide bonds. The molecule has 3 nitrogen and oxygen atoms in total. The molecule has 0 aromatic carbocycles. The van der Waals surface area contributed by atoms with Crippen molar-refractivity contribution in [3.63, 3.8) is 0 Å². The van der Waals surface area contributed by atoms with Crippen molar-refractivity contribution in [2.24, 2.45) is 0 Å². The molecule has 0 aliphatic carbocycles. The molecule has 0 aliphatic rings. The van der Waals surface area contributed by atoms with Crippen molar-refractivity contribution >= 4 is 5.65 Å². The zero-order chi connectivity index (χ0) is 10.2. The van der Waals surface area contributed by atoms with Crippen LogP contribution < -0.4 is 0 Å². The molecule has 2 aromatic heterocycles. The van der Waals surface area contributed by atoms with Crippen LogP contribution >= 0.6 is 0 Å². The Morgan fingerprint density at radius 1 is 1.50 bits per heavy atom. The summed E-state index contributed by atoms with van der Waals surface area (Å²) in [5, 5.41) is 4.37. The lowest BCUT2D eigenvalue weighted by atomic mass is 9.91. The molecule has 0 spiro atoms. The predicted molar refractivity (Wildman–Crippen MR) is 54.8 cm³/mol. The molecule has 2 aromatic rings. The van der Waals surface area contributed by atoms with E-state index in [2.05, 4.69) is 16.0 Å². The van der Waals surface area contributed by atoms with Gasteiger partial charge in [0, 0.05) is 18.5 Å². The van der Waals surface area contributed by atoms with E-state index in [-0.39, 0.29) is 5.41 Å². The molecule has 0 aliphatic heterocycles. The Hall–Kier alpha value is -1.82. The highest BCUT2D eigenvalue weighted by molar-refractivity contribution is 5.42. The summed E-state index contributed by atoms with van der Waals surface area (Å²) < 4.78 is 1.73. The van der Waals surface area contributed by atoms with Gasteiger partial charge >= 0.3 is 0 Å². The summed E-state index contributed by atoms with van der Waals surface area (Å²) in [4.78, 5) is 4.18. The van der Waals surface area contributed by atoms with E-state index in [0.29, 0.717) is 0 Å². The van der Waals surface area contributed by atoms with Crippen molar-refractivity contribution in [3.8, 4) is 12.3 Å². The summed E-state index contributed by atoms with van der Waals surface area (Å²) in [7, 11) is 0. The average molecular weight is 185 g/mol. The van der Waals surface area contributed by atoms with Crippen LogP contribution in [0.1, 0.15) is 19.5 Å². The smallest absolute Gasteiger partial charge is 0.155 e. The van der Waals surface area contributed by atoms with Crippen molar-refractivity contribution in [2.75, 3.05) is 0 Å². The number of fused-ring (bicyclic) bond motifs is 1. The lowest BCUT2D eigenvalue weighted by Crippen LogP contribution is -2.14. The van der Waals surface area contributed by atoms with Crippen LogP contribution in [0.25, 0.3) is 5.65 Å². The molecular formula is C11H11N3. The fourth-order valence-electron chi connectivity index (χ4n) is 1.21. The lowest BCUT2D eigenvalue weighted by molar-refractivity contribution is 0.658. The van der Waals surface area contributed by atoms with Gasteiger partial charge in [0.1, 0.15) is 0 Å². The number of rotatable bonds is 1. The molecular weight excluding hydrogens is 174 g/mol. The first-order chi connectivity index (χ1) is 6.63. The van der Waals surface area contributed by atoms with Crippen LogP contribution in [0.15, 0.2) is 24.5 Å². The third-order valence-corrected chi connectivity index (χ3v) is 2.24. The molecule has 14 heavy (non-hydrogen) atoms. The molecule has 3 heteroatoms. The second-order valence-corrected chi connectivity index (χ2v) is 3.72. The number of nitrogens with zero attached hydrogens (tertiary/aromatic N) is 3. The lowest BCUT2D eigenvalue weighted by Gasteiger charge is -2.12. The van der Waals surface area contributed by atoms with Crippen LogP contribution in [0.4, 0.5) is 0 Å². The van der Waals surface area contributed by atoms with Crippen LogP contribution in [0.3, 0.4) is 0 Å². The van der Waals surface area contributed by atoms with Gasteiger partial charge in [-0.1, -0.05) is 5.92 Å². The topological polar surface area (TPSA) is 30.2 Å². The van der Waals surface area contributed by atoms with Gasteiger partial charge in [-0.2, -0.15) is 5.10 Å². The number of terminal acetylenes is 1. The number of hydrogen-bond acceptors (Lipinski definition) is 2. The third kappa shape index (κ3) is 1.25. The van der Waals surface area contributed by atoms with Gasteiger partial charge in [0.15, 0.2) is 5.65 Å². The monoisotopic (exact) mass is 185 g/mol. The largest absolute Gasteiger partial charge is 0.237 e. The predicted octanol–water partition coefficient (Wildman–Crippen LogP) is 1.64. The molecule has 0 atom stereocenters. The maximum Gasteiger partial charge on any atom is 0.155 e. The first kappa shape index (κ1) is 8.76. The Labute approximate surface area is 82.8 Å². The molecule has 0 saturated heterocycles. The van der Waals surface area contributed by atoms with Gasteiger partial charge in [-0.25, -0.2) is 9.50 Å². The summed E-state index contributed by atoms with van der Waals surface area (Å²) in [5.41, 5.74) is 1.36. The van der Waals surface area contributed by atoms with Crippen LogP contribution in [-0.2, 0) is 5.41 Å². The Kier molecular flexibility index (Phi) is 1.78. The number of hydrogen-bond donors (Lipinski definition) is 0. The molecule has 0 unspecified atom stereocenters. The van der Waals surface area contributed by atoms with Gasteiger partial charge < -0.3 is 0 Å². The molecule has 0 saturated carbocycles. The van der Waals surface area contributed by atoms with E-state index >= 15 is 0 Å². The first-order valence-corrected chi connectivity index (χ1v) is 4.42. The van der Waals surface area contributed by atoms with Crippen molar-refractivity contribution < 1.29 is 0 Å². The highest BCUT2D eigenvalue weighted by Crippen LogP contribution is 2.20. The standard InChI is InChI=1S/C11H11N3/c1-4-11(2,3)9-8-10-12-6-5-7-14(10)13-9/h1,5-8H,2-3H3. The minimum Gasteiger partial charge on any atom is -0.237 e. The van der Waals surface area contributed by atoms with Gasteiger partial charge in [-0.15, -0.1) is 6.42 Å².